The Morgan fingerprint density at radius 2 is 2.17 bits per heavy atom. The number of rotatable bonds is 8. The zero-order valence-electron chi connectivity index (χ0n) is 12.4. The smallest absolute Gasteiger partial charge is 0.0547 e. The van der Waals surface area contributed by atoms with Gasteiger partial charge in [0.2, 0.25) is 0 Å². The van der Waals surface area contributed by atoms with E-state index < -0.39 is 0 Å². The molecule has 1 aliphatic carbocycles. The second kappa shape index (κ2) is 6.36. The summed E-state index contributed by atoms with van der Waals surface area (Å²) in [4.78, 5) is 2.65. The molecule has 1 heterocycles. The second-order valence-electron chi connectivity index (χ2n) is 6.61. The molecule has 2 rings (SSSR count). The normalized spacial score (nSPS) is 28.5. The van der Waals surface area contributed by atoms with E-state index in [-0.39, 0.29) is 0 Å². The number of hydrogen-bond donors (Lipinski definition) is 1. The van der Waals surface area contributed by atoms with Gasteiger partial charge >= 0.3 is 0 Å². The van der Waals surface area contributed by atoms with Crippen LogP contribution in [0.1, 0.15) is 40.0 Å². The Kier molecular flexibility index (Phi) is 5.05. The summed E-state index contributed by atoms with van der Waals surface area (Å²) in [6.07, 6.45) is 4.11. The van der Waals surface area contributed by atoms with Crippen LogP contribution in [0.15, 0.2) is 0 Å². The van der Waals surface area contributed by atoms with Crippen LogP contribution in [0.5, 0.6) is 0 Å². The van der Waals surface area contributed by atoms with Crippen molar-refractivity contribution in [2.45, 2.75) is 46.1 Å². The predicted molar refractivity (Wildman–Crippen MR) is 75.8 cm³/mol. The molecule has 0 amide bonds. The molecular weight excluding hydrogens is 224 g/mol. The average Bonchev–Trinajstić information content (AvgIpc) is 3.04. The highest BCUT2D eigenvalue weighted by Gasteiger charge is 2.37. The van der Waals surface area contributed by atoms with Crippen LogP contribution in [0, 0.1) is 11.3 Å². The van der Waals surface area contributed by atoms with Gasteiger partial charge in [-0.3, -0.25) is 0 Å². The molecule has 1 unspecified atom stereocenters. The van der Waals surface area contributed by atoms with E-state index in [2.05, 4.69) is 31.0 Å². The molecule has 3 heteroatoms. The van der Waals surface area contributed by atoms with Crippen molar-refractivity contribution < 1.29 is 4.74 Å². The van der Waals surface area contributed by atoms with Gasteiger partial charge in [-0.25, -0.2) is 0 Å². The number of nitrogens with zero attached hydrogens (tertiary/aromatic N) is 1. The van der Waals surface area contributed by atoms with Crippen molar-refractivity contribution in [2.75, 3.05) is 39.4 Å². The van der Waals surface area contributed by atoms with Gasteiger partial charge in [0, 0.05) is 37.7 Å². The molecule has 1 saturated heterocycles. The third-order valence-corrected chi connectivity index (χ3v) is 4.29. The van der Waals surface area contributed by atoms with E-state index in [0.29, 0.717) is 11.5 Å². The van der Waals surface area contributed by atoms with E-state index in [0.717, 1.165) is 25.7 Å². The highest BCUT2D eigenvalue weighted by Crippen LogP contribution is 2.33. The van der Waals surface area contributed by atoms with Gasteiger partial charge in [0.1, 0.15) is 0 Å². The largest absolute Gasteiger partial charge is 0.381 e. The average molecular weight is 254 g/mol. The summed E-state index contributed by atoms with van der Waals surface area (Å²) >= 11 is 0. The van der Waals surface area contributed by atoms with Crippen LogP contribution < -0.4 is 5.32 Å². The third kappa shape index (κ3) is 4.22. The van der Waals surface area contributed by atoms with Gasteiger partial charge in [0.15, 0.2) is 0 Å². The quantitative estimate of drug-likeness (QED) is 0.718. The van der Waals surface area contributed by atoms with Crippen molar-refractivity contribution in [3.63, 3.8) is 0 Å². The molecule has 0 spiro atoms. The van der Waals surface area contributed by atoms with E-state index in [1.54, 1.807) is 0 Å². The molecule has 1 aliphatic heterocycles. The Morgan fingerprint density at radius 3 is 2.67 bits per heavy atom. The van der Waals surface area contributed by atoms with Crippen LogP contribution in [-0.4, -0.2) is 50.3 Å². The minimum Gasteiger partial charge on any atom is -0.381 e. The van der Waals surface area contributed by atoms with Gasteiger partial charge in [-0.15, -0.1) is 0 Å². The molecule has 1 N–H and O–H groups in total. The lowest BCUT2D eigenvalue weighted by molar-refractivity contribution is 0.107. The molecule has 0 bridgehead atoms. The first kappa shape index (κ1) is 14.3. The Labute approximate surface area is 112 Å². The molecule has 0 radical (unpaired) electrons. The first-order valence-corrected chi connectivity index (χ1v) is 7.67. The maximum absolute atomic E-state index is 5.69. The van der Waals surface area contributed by atoms with E-state index >= 15 is 0 Å². The number of hydrogen-bond acceptors (Lipinski definition) is 3. The van der Waals surface area contributed by atoms with Gasteiger partial charge in [0.05, 0.1) is 6.61 Å². The molecule has 0 aromatic heterocycles. The van der Waals surface area contributed by atoms with Crippen LogP contribution in [0.25, 0.3) is 0 Å². The molecule has 2 aliphatic rings. The standard InChI is InChI=1S/C15H30N2O/c1-4-17(9-14-5-6-14)11-15(7-8-18-12-15)10-16-13(2)3/h13-14,16H,4-12H2,1-3H3. The van der Waals surface area contributed by atoms with Crippen molar-refractivity contribution in [3.8, 4) is 0 Å². The van der Waals surface area contributed by atoms with Crippen molar-refractivity contribution >= 4 is 0 Å². The number of nitrogens with one attached hydrogen (secondary N) is 1. The van der Waals surface area contributed by atoms with Crippen LogP contribution in [0.2, 0.25) is 0 Å². The van der Waals surface area contributed by atoms with Crippen molar-refractivity contribution in [2.24, 2.45) is 11.3 Å². The Bertz CT molecular complexity index is 245. The predicted octanol–water partition coefficient (Wildman–Crippen LogP) is 2.12. The summed E-state index contributed by atoms with van der Waals surface area (Å²) in [6.45, 7) is 13.4. The Hall–Kier alpha value is -0.120. The topological polar surface area (TPSA) is 24.5 Å². The summed E-state index contributed by atoms with van der Waals surface area (Å²) < 4.78 is 5.69. The lowest BCUT2D eigenvalue weighted by Crippen LogP contribution is -2.46. The fourth-order valence-corrected chi connectivity index (χ4v) is 2.84. The maximum Gasteiger partial charge on any atom is 0.0547 e. The van der Waals surface area contributed by atoms with Crippen molar-refractivity contribution in [1.29, 1.82) is 0 Å². The van der Waals surface area contributed by atoms with Gasteiger partial charge in [-0.1, -0.05) is 20.8 Å². The lowest BCUT2D eigenvalue weighted by atomic mass is 9.86. The summed E-state index contributed by atoms with van der Waals surface area (Å²) in [7, 11) is 0. The van der Waals surface area contributed by atoms with Crippen LogP contribution in [-0.2, 0) is 4.74 Å². The molecular formula is C15H30N2O. The van der Waals surface area contributed by atoms with Gasteiger partial charge < -0.3 is 15.0 Å². The molecule has 1 atom stereocenters. The monoisotopic (exact) mass is 254 g/mol. The van der Waals surface area contributed by atoms with Crippen LogP contribution in [0.4, 0.5) is 0 Å². The molecule has 2 fully saturated rings. The molecule has 1 saturated carbocycles. The fourth-order valence-electron chi connectivity index (χ4n) is 2.84. The lowest BCUT2D eigenvalue weighted by Gasteiger charge is -2.34. The van der Waals surface area contributed by atoms with Crippen LogP contribution in [0.3, 0.4) is 0 Å². The van der Waals surface area contributed by atoms with E-state index in [1.807, 2.05) is 0 Å². The number of ether oxygens (including phenoxy) is 1. The zero-order chi connectivity index (χ0) is 13.0. The Balaban J connectivity index is 1.86. The molecule has 18 heavy (non-hydrogen) atoms. The van der Waals surface area contributed by atoms with Crippen LogP contribution >= 0.6 is 0 Å². The molecule has 3 nitrogen and oxygen atoms in total. The molecule has 106 valence electrons. The second-order valence-corrected chi connectivity index (χ2v) is 6.61. The fraction of sp³-hybridized carbons (Fsp3) is 1.00. The van der Waals surface area contributed by atoms with E-state index in [4.69, 9.17) is 4.74 Å². The summed E-state index contributed by atoms with van der Waals surface area (Å²) in [5.74, 6) is 0.988. The highest BCUT2D eigenvalue weighted by atomic mass is 16.5. The molecule has 0 aromatic rings. The molecule has 0 aromatic carbocycles. The highest BCUT2D eigenvalue weighted by molar-refractivity contribution is 4.90. The maximum atomic E-state index is 5.69. The summed E-state index contributed by atoms with van der Waals surface area (Å²) in [5.41, 5.74) is 0.356. The van der Waals surface area contributed by atoms with Gasteiger partial charge in [0.25, 0.3) is 0 Å². The zero-order valence-corrected chi connectivity index (χ0v) is 12.4. The van der Waals surface area contributed by atoms with Crippen molar-refractivity contribution in [3.05, 3.63) is 0 Å². The van der Waals surface area contributed by atoms with Crippen molar-refractivity contribution in [1.82, 2.24) is 10.2 Å². The minimum absolute atomic E-state index is 0.356. The van der Waals surface area contributed by atoms with Gasteiger partial charge in [-0.05, 0) is 31.7 Å². The Morgan fingerprint density at radius 1 is 1.39 bits per heavy atom. The summed E-state index contributed by atoms with van der Waals surface area (Å²) in [6, 6.07) is 0.570. The van der Waals surface area contributed by atoms with E-state index in [1.165, 1.54) is 38.9 Å². The van der Waals surface area contributed by atoms with E-state index in [9.17, 15) is 0 Å². The first-order valence-electron chi connectivity index (χ1n) is 7.67. The minimum atomic E-state index is 0.356. The SMILES string of the molecule is CCN(CC1CC1)CC1(CNC(C)C)CCOC1. The first-order chi connectivity index (χ1) is 8.63. The van der Waals surface area contributed by atoms with Gasteiger partial charge in [-0.2, -0.15) is 0 Å². The summed E-state index contributed by atoms with van der Waals surface area (Å²) in [5, 5.41) is 3.62. The third-order valence-electron chi connectivity index (χ3n) is 4.29.